The van der Waals surface area contributed by atoms with Gasteiger partial charge in [0.05, 0.1) is 11.7 Å². The number of aliphatic hydroxyl groups is 2. The predicted molar refractivity (Wildman–Crippen MR) is 92.9 cm³/mol. The van der Waals surface area contributed by atoms with Crippen molar-refractivity contribution in [1.29, 1.82) is 0 Å². The van der Waals surface area contributed by atoms with Gasteiger partial charge < -0.3 is 10.2 Å². The van der Waals surface area contributed by atoms with Crippen LogP contribution in [-0.2, 0) is 0 Å². The Hall–Kier alpha value is -0.340. The first-order chi connectivity index (χ1) is 10.8. The van der Waals surface area contributed by atoms with Crippen molar-refractivity contribution in [2.24, 2.45) is 34.5 Å². The van der Waals surface area contributed by atoms with Crippen molar-refractivity contribution in [3.63, 3.8) is 0 Å². The van der Waals surface area contributed by atoms with Gasteiger partial charge in [0.1, 0.15) is 0 Å². The summed E-state index contributed by atoms with van der Waals surface area (Å²) in [5.74, 6) is 2.25. The lowest BCUT2D eigenvalue weighted by Crippen LogP contribution is -2.62. The van der Waals surface area contributed by atoms with Crippen molar-refractivity contribution in [2.45, 2.75) is 83.3 Å². The summed E-state index contributed by atoms with van der Waals surface area (Å²) in [5.41, 5.74) is -0.114. The van der Waals surface area contributed by atoms with Gasteiger partial charge in [0.25, 0.3) is 0 Å². The second kappa shape index (κ2) is 5.08. The van der Waals surface area contributed by atoms with Gasteiger partial charge in [-0.3, -0.25) is 0 Å². The molecule has 0 aromatic rings. The first-order valence-corrected chi connectivity index (χ1v) is 9.88. The third-order valence-corrected chi connectivity index (χ3v) is 9.18. The van der Waals surface area contributed by atoms with Crippen LogP contribution in [-0.4, -0.2) is 21.9 Å². The standard InChI is InChI=1S/C21H34O2/c1-4-14-7-12-21(23)18-6-5-15-13-16(22)8-10-19(15,2)17(18)9-11-20(14,21)3/h4,14-18,22-23H,1,5-13H2,2-3H3/t14-,15+,16-,17?,18?,19-,20+,21-/m0/s1. The largest absolute Gasteiger partial charge is 0.393 e. The van der Waals surface area contributed by atoms with Gasteiger partial charge in [-0.2, -0.15) is 0 Å². The summed E-state index contributed by atoms with van der Waals surface area (Å²) in [4.78, 5) is 0. The molecule has 0 saturated heterocycles. The maximum Gasteiger partial charge on any atom is 0.0737 e. The van der Waals surface area contributed by atoms with E-state index in [2.05, 4.69) is 26.5 Å². The lowest BCUT2D eigenvalue weighted by molar-refractivity contribution is -0.207. The highest BCUT2D eigenvalue weighted by Crippen LogP contribution is 2.69. The third-order valence-electron chi connectivity index (χ3n) is 9.18. The molecule has 0 bridgehead atoms. The van der Waals surface area contributed by atoms with E-state index in [0.29, 0.717) is 29.1 Å². The van der Waals surface area contributed by atoms with Crippen molar-refractivity contribution in [3.8, 4) is 0 Å². The molecule has 0 aromatic heterocycles. The molecule has 4 aliphatic rings. The number of allylic oxidation sites excluding steroid dienone is 1. The minimum Gasteiger partial charge on any atom is -0.393 e. The van der Waals surface area contributed by atoms with Gasteiger partial charge in [-0.05, 0) is 86.9 Å². The molecule has 0 aliphatic heterocycles. The Morgan fingerprint density at radius 3 is 2.48 bits per heavy atom. The Balaban J connectivity index is 1.68. The fourth-order valence-electron chi connectivity index (χ4n) is 7.62. The summed E-state index contributed by atoms with van der Waals surface area (Å²) >= 11 is 0. The highest BCUT2D eigenvalue weighted by Gasteiger charge is 2.66. The molecule has 0 spiro atoms. The van der Waals surface area contributed by atoms with Gasteiger partial charge in [0.2, 0.25) is 0 Å². The molecule has 2 N–H and O–H groups in total. The van der Waals surface area contributed by atoms with Crippen molar-refractivity contribution >= 4 is 0 Å². The molecule has 0 heterocycles. The van der Waals surface area contributed by atoms with Crippen LogP contribution in [0.3, 0.4) is 0 Å². The van der Waals surface area contributed by atoms with E-state index in [1.54, 1.807) is 0 Å². The van der Waals surface area contributed by atoms with Crippen LogP contribution in [0, 0.1) is 34.5 Å². The Morgan fingerprint density at radius 1 is 0.957 bits per heavy atom. The van der Waals surface area contributed by atoms with Gasteiger partial charge in [0.15, 0.2) is 0 Å². The SMILES string of the molecule is C=C[C@H]1CC[C@]2(O)C3CC[C@@H]4C[C@@H](O)CC[C@]4(C)C3CC[C@]12C. The summed E-state index contributed by atoms with van der Waals surface area (Å²) in [5, 5.41) is 21.9. The van der Waals surface area contributed by atoms with Crippen LogP contribution in [0.5, 0.6) is 0 Å². The van der Waals surface area contributed by atoms with E-state index in [0.717, 1.165) is 44.9 Å². The number of hydrogen-bond donors (Lipinski definition) is 2. The second-order valence-electron chi connectivity index (χ2n) is 9.68. The van der Waals surface area contributed by atoms with Crippen molar-refractivity contribution in [3.05, 3.63) is 12.7 Å². The molecule has 4 saturated carbocycles. The van der Waals surface area contributed by atoms with Crippen LogP contribution in [0.1, 0.15) is 71.6 Å². The first kappa shape index (κ1) is 16.1. The molecule has 0 aromatic carbocycles. The number of hydrogen-bond acceptors (Lipinski definition) is 2. The average Bonchev–Trinajstić information content (AvgIpc) is 2.79. The van der Waals surface area contributed by atoms with Crippen LogP contribution in [0.2, 0.25) is 0 Å². The van der Waals surface area contributed by atoms with Crippen LogP contribution in [0.25, 0.3) is 0 Å². The molecule has 130 valence electrons. The van der Waals surface area contributed by atoms with Gasteiger partial charge in [-0.1, -0.05) is 19.9 Å². The summed E-state index contributed by atoms with van der Waals surface area (Å²) in [6.07, 6.45) is 12.0. The number of fused-ring (bicyclic) bond motifs is 5. The first-order valence-electron chi connectivity index (χ1n) is 9.88. The van der Waals surface area contributed by atoms with E-state index in [9.17, 15) is 10.2 Å². The van der Waals surface area contributed by atoms with Crippen LogP contribution in [0.15, 0.2) is 12.7 Å². The van der Waals surface area contributed by atoms with E-state index in [-0.39, 0.29) is 11.5 Å². The minimum absolute atomic E-state index is 0.0350. The fourth-order valence-corrected chi connectivity index (χ4v) is 7.62. The van der Waals surface area contributed by atoms with E-state index < -0.39 is 5.60 Å². The van der Waals surface area contributed by atoms with E-state index in [1.165, 1.54) is 12.8 Å². The number of rotatable bonds is 1. The molecular formula is C21H34O2. The van der Waals surface area contributed by atoms with Crippen molar-refractivity contribution in [1.82, 2.24) is 0 Å². The highest BCUT2D eigenvalue weighted by atomic mass is 16.3. The minimum atomic E-state index is -0.487. The Labute approximate surface area is 141 Å². The van der Waals surface area contributed by atoms with E-state index in [4.69, 9.17) is 0 Å². The smallest absolute Gasteiger partial charge is 0.0737 e. The molecule has 0 radical (unpaired) electrons. The average molecular weight is 319 g/mol. The molecule has 23 heavy (non-hydrogen) atoms. The molecular weight excluding hydrogens is 284 g/mol. The molecule has 8 atom stereocenters. The van der Waals surface area contributed by atoms with Gasteiger partial charge in [0, 0.05) is 5.41 Å². The van der Waals surface area contributed by atoms with Crippen LogP contribution in [0.4, 0.5) is 0 Å². The van der Waals surface area contributed by atoms with Crippen molar-refractivity contribution < 1.29 is 10.2 Å². The zero-order valence-corrected chi connectivity index (χ0v) is 14.9. The van der Waals surface area contributed by atoms with Gasteiger partial charge >= 0.3 is 0 Å². The normalized spacial score (nSPS) is 58.9. The van der Waals surface area contributed by atoms with Crippen LogP contribution >= 0.6 is 0 Å². The molecule has 4 aliphatic carbocycles. The van der Waals surface area contributed by atoms with E-state index in [1.807, 2.05) is 0 Å². The van der Waals surface area contributed by atoms with E-state index >= 15 is 0 Å². The molecule has 2 heteroatoms. The Morgan fingerprint density at radius 2 is 1.74 bits per heavy atom. The Bertz CT molecular complexity index is 502. The zero-order chi connectivity index (χ0) is 16.5. The maximum atomic E-state index is 11.8. The molecule has 2 nitrogen and oxygen atoms in total. The van der Waals surface area contributed by atoms with Gasteiger partial charge in [-0.25, -0.2) is 0 Å². The summed E-state index contributed by atoms with van der Waals surface area (Å²) in [6, 6.07) is 0. The lowest BCUT2D eigenvalue weighted by atomic mass is 9.43. The molecule has 0 amide bonds. The van der Waals surface area contributed by atoms with Crippen molar-refractivity contribution in [2.75, 3.05) is 0 Å². The topological polar surface area (TPSA) is 40.5 Å². The second-order valence-corrected chi connectivity index (χ2v) is 9.68. The molecule has 2 unspecified atom stereocenters. The summed E-state index contributed by atoms with van der Waals surface area (Å²) < 4.78 is 0. The Kier molecular flexibility index (Phi) is 3.57. The molecule has 4 fully saturated rings. The van der Waals surface area contributed by atoms with Gasteiger partial charge in [-0.15, -0.1) is 6.58 Å². The lowest BCUT2D eigenvalue weighted by Gasteiger charge is -2.63. The maximum absolute atomic E-state index is 11.8. The molecule has 4 rings (SSSR count). The highest BCUT2D eigenvalue weighted by molar-refractivity contribution is 5.18. The predicted octanol–water partition coefficient (Wildman–Crippen LogP) is 4.31. The van der Waals surface area contributed by atoms with Crippen LogP contribution < -0.4 is 0 Å². The number of aliphatic hydroxyl groups excluding tert-OH is 1. The third kappa shape index (κ3) is 1.94. The zero-order valence-electron chi connectivity index (χ0n) is 14.9. The monoisotopic (exact) mass is 318 g/mol. The fraction of sp³-hybridized carbons (Fsp3) is 0.905. The quantitative estimate of drug-likeness (QED) is 0.707. The summed E-state index contributed by atoms with van der Waals surface area (Å²) in [7, 11) is 0. The summed E-state index contributed by atoms with van der Waals surface area (Å²) in [6.45, 7) is 8.88.